The lowest BCUT2D eigenvalue weighted by molar-refractivity contribution is 0.102. The van der Waals surface area contributed by atoms with E-state index in [9.17, 15) is 4.79 Å². The number of anilines is 1. The fourth-order valence-electron chi connectivity index (χ4n) is 2.43. The number of rotatable bonds is 5. The highest BCUT2D eigenvalue weighted by atomic mass is 16.5. The van der Waals surface area contributed by atoms with E-state index in [1.165, 1.54) is 6.20 Å². The van der Waals surface area contributed by atoms with Crippen molar-refractivity contribution in [2.24, 2.45) is 0 Å². The van der Waals surface area contributed by atoms with Gasteiger partial charge in [-0.15, -0.1) is 10.2 Å². The predicted octanol–water partition coefficient (Wildman–Crippen LogP) is 3.61. The number of nitrogens with zero attached hydrogens (tertiary/aromatic N) is 4. The van der Waals surface area contributed by atoms with Crippen LogP contribution in [0.5, 0.6) is 11.6 Å². The van der Waals surface area contributed by atoms with Gasteiger partial charge in [0.1, 0.15) is 17.1 Å². The third-order valence-electron chi connectivity index (χ3n) is 3.82. The summed E-state index contributed by atoms with van der Waals surface area (Å²) in [7, 11) is 0. The number of hydrogen-bond donors (Lipinski definition) is 1. The molecule has 0 aliphatic rings. The maximum Gasteiger partial charge on any atom is 0.260 e. The third-order valence-corrected chi connectivity index (χ3v) is 3.82. The summed E-state index contributed by atoms with van der Waals surface area (Å²) in [6, 6.07) is 14.3. The summed E-state index contributed by atoms with van der Waals surface area (Å²) in [5.74, 6) is 1.85. The Morgan fingerprint density at radius 2 is 1.85 bits per heavy atom. The smallest absolute Gasteiger partial charge is 0.260 e. The number of aromatic nitrogens is 4. The fraction of sp³-hybridized carbons (Fsp3) is 0.0526. The van der Waals surface area contributed by atoms with Crippen LogP contribution in [0.2, 0.25) is 0 Å². The van der Waals surface area contributed by atoms with Crippen molar-refractivity contribution in [3.63, 3.8) is 0 Å². The number of amides is 1. The van der Waals surface area contributed by atoms with Gasteiger partial charge in [0.15, 0.2) is 5.82 Å². The first-order chi connectivity index (χ1) is 13.2. The molecule has 1 aromatic carbocycles. The Morgan fingerprint density at radius 1 is 1.07 bits per heavy atom. The molecule has 0 aliphatic heterocycles. The molecular weight excluding hydrogens is 346 g/mol. The molecule has 134 valence electrons. The molecule has 0 saturated heterocycles. The second-order valence-electron chi connectivity index (χ2n) is 5.70. The lowest BCUT2D eigenvalue weighted by atomic mass is 10.2. The Morgan fingerprint density at radius 3 is 2.48 bits per heavy atom. The van der Waals surface area contributed by atoms with Crippen molar-refractivity contribution in [2.75, 3.05) is 5.32 Å². The molecule has 4 rings (SSSR count). The van der Waals surface area contributed by atoms with Crippen LogP contribution < -0.4 is 10.1 Å². The SMILES string of the molecule is Cc1oncc1C(=O)Nc1ccc(Oc2ccc(-n3cccc3)nn2)cc1. The molecule has 3 aromatic heterocycles. The zero-order valence-corrected chi connectivity index (χ0v) is 14.4. The van der Waals surface area contributed by atoms with E-state index in [2.05, 4.69) is 20.7 Å². The monoisotopic (exact) mass is 361 g/mol. The third kappa shape index (κ3) is 3.69. The highest BCUT2D eigenvalue weighted by Crippen LogP contribution is 2.22. The van der Waals surface area contributed by atoms with Crippen LogP contribution in [0.1, 0.15) is 16.1 Å². The molecule has 0 spiro atoms. The highest BCUT2D eigenvalue weighted by molar-refractivity contribution is 6.04. The molecule has 0 atom stereocenters. The molecule has 0 fully saturated rings. The van der Waals surface area contributed by atoms with Gasteiger partial charge >= 0.3 is 0 Å². The van der Waals surface area contributed by atoms with E-state index in [4.69, 9.17) is 9.26 Å². The average molecular weight is 361 g/mol. The van der Waals surface area contributed by atoms with Gasteiger partial charge in [-0.2, -0.15) is 0 Å². The zero-order chi connectivity index (χ0) is 18.6. The molecule has 1 N–H and O–H groups in total. The van der Waals surface area contributed by atoms with Crippen molar-refractivity contribution in [1.82, 2.24) is 19.9 Å². The lowest BCUT2D eigenvalue weighted by Crippen LogP contribution is -2.11. The van der Waals surface area contributed by atoms with Gasteiger partial charge in [-0.05, 0) is 49.4 Å². The van der Waals surface area contributed by atoms with E-state index in [0.717, 1.165) is 0 Å². The highest BCUT2D eigenvalue weighted by Gasteiger charge is 2.13. The van der Waals surface area contributed by atoms with Crippen LogP contribution in [0.15, 0.2) is 71.6 Å². The molecule has 0 unspecified atom stereocenters. The molecule has 3 heterocycles. The van der Waals surface area contributed by atoms with Gasteiger partial charge < -0.3 is 19.1 Å². The van der Waals surface area contributed by atoms with Gasteiger partial charge in [0.05, 0.1) is 6.20 Å². The van der Waals surface area contributed by atoms with Crippen LogP contribution in [0.4, 0.5) is 5.69 Å². The van der Waals surface area contributed by atoms with E-state index in [0.29, 0.717) is 34.5 Å². The number of carbonyl (C=O) groups excluding carboxylic acids is 1. The standard InChI is InChI=1S/C19H15N5O3/c1-13-16(12-20-27-13)19(25)21-14-4-6-15(7-5-14)26-18-9-8-17(22-23-18)24-10-2-3-11-24/h2-12H,1H3,(H,21,25). The van der Waals surface area contributed by atoms with Crippen LogP contribution in [0.3, 0.4) is 0 Å². The molecular formula is C19H15N5O3. The fourth-order valence-corrected chi connectivity index (χ4v) is 2.43. The molecule has 0 radical (unpaired) electrons. The minimum absolute atomic E-state index is 0.283. The molecule has 8 nitrogen and oxygen atoms in total. The number of ether oxygens (including phenoxy) is 1. The van der Waals surface area contributed by atoms with Crippen LogP contribution in [0.25, 0.3) is 5.82 Å². The second-order valence-corrected chi connectivity index (χ2v) is 5.70. The van der Waals surface area contributed by atoms with Crippen molar-refractivity contribution in [2.45, 2.75) is 6.92 Å². The summed E-state index contributed by atoms with van der Waals surface area (Å²) in [4.78, 5) is 12.1. The van der Waals surface area contributed by atoms with Gasteiger partial charge in [0, 0.05) is 24.1 Å². The molecule has 0 saturated carbocycles. The first-order valence-electron chi connectivity index (χ1n) is 8.17. The van der Waals surface area contributed by atoms with Crippen LogP contribution in [-0.2, 0) is 0 Å². The Hall–Kier alpha value is -3.94. The normalized spacial score (nSPS) is 10.6. The van der Waals surface area contributed by atoms with Crippen molar-refractivity contribution >= 4 is 11.6 Å². The maximum atomic E-state index is 12.1. The zero-order valence-electron chi connectivity index (χ0n) is 14.4. The Kier molecular flexibility index (Phi) is 4.36. The minimum Gasteiger partial charge on any atom is -0.438 e. The molecule has 0 bridgehead atoms. The quantitative estimate of drug-likeness (QED) is 0.583. The molecule has 27 heavy (non-hydrogen) atoms. The first kappa shape index (κ1) is 16.5. The molecule has 8 heteroatoms. The summed E-state index contributed by atoms with van der Waals surface area (Å²) in [6.07, 6.45) is 5.16. The molecule has 1 amide bonds. The van der Waals surface area contributed by atoms with Crippen molar-refractivity contribution in [3.05, 3.63) is 78.4 Å². The Bertz CT molecular complexity index is 1040. The van der Waals surface area contributed by atoms with E-state index in [1.807, 2.05) is 35.2 Å². The number of benzene rings is 1. The van der Waals surface area contributed by atoms with Gasteiger partial charge in [0.25, 0.3) is 5.91 Å². The second kappa shape index (κ2) is 7.12. The summed E-state index contributed by atoms with van der Waals surface area (Å²) >= 11 is 0. The predicted molar refractivity (Wildman–Crippen MR) is 97.1 cm³/mol. The summed E-state index contributed by atoms with van der Waals surface area (Å²) in [6.45, 7) is 1.68. The average Bonchev–Trinajstić information content (AvgIpc) is 3.36. The maximum absolute atomic E-state index is 12.1. The Labute approximate surface area is 154 Å². The number of nitrogens with one attached hydrogen (secondary N) is 1. The van der Waals surface area contributed by atoms with Crippen LogP contribution in [0, 0.1) is 6.92 Å². The summed E-state index contributed by atoms with van der Waals surface area (Å²) in [5.41, 5.74) is 1.02. The van der Waals surface area contributed by atoms with Crippen LogP contribution in [-0.4, -0.2) is 25.8 Å². The Balaban J connectivity index is 1.40. The van der Waals surface area contributed by atoms with Crippen LogP contribution >= 0.6 is 0 Å². The number of aryl methyl sites for hydroxylation is 1. The van der Waals surface area contributed by atoms with E-state index < -0.39 is 0 Å². The number of hydrogen-bond acceptors (Lipinski definition) is 6. The van der Waals surface area contributed by atoms with Gasteiger partial charge in [-0.1, -0.05) is 5.16 Å². The van der Waals surface area contributed by atoms with E-state index in [-0.39, 0.29) is 5.91 Å². The lowest BCUT2D eigenvalue weighted by Gasteiger charge is -2.07. The van der Waals surface area contributed by atoms with Gasteiger partial charge in [-0.3, -0.25) is 4.79 Å². The first-order valence-corrected chi connectivity index (χ1v) is 8.17. The summed E-state index contributed by atoms with van der Waals surface area (Å²) in [5, 5.41) is 14.6. The molecule has 4 aromatic rings. The number of carbonyl (C=O) groups is 1. The van der Waals surface area contributed by atoms with Crippen molar-refractivity contribution < 1.29 is 14.1 Å². The van der Waals surface area contributed by atoms with Crippen molar-refractivity contribution in [1.29, 1.82) is 0 Å². The van der Waals surface area contributed by atoms with Gasteiger partial charge in [-0.25, -0.2) is 0 Å². The van der Waals surface area contributed by atoms with Crippen molar-refractivity contribution in [3.8, 4) is 17.4 Å². The van der Waals surface area contributed by atoms with Gasteiger partial charge in [0.2, 0.25) is 5.88 Å². The largest absolute Gasteiger partial charge is 0.438 e. The topological polar surface area (TPSA) is 95.1 Å². The summed E-state index contributed by atoms with van der Waals surface area (Å²) < 4.78 is 12.4. The van der Waals surface area contributed by atoms with E-state index in [1.54, 1.807) is 37.3 Å². The molecule has 0 aliphatic carbocycles. The van der Waals surface area contributed by atoms with E-state index >= 15 is 0 Å². The minimum atomic E-state index is -0.283.